The first-order chi connectivity index (χ1) is 9.21. The number of hydrogen-bond donors (Lipinski definition) is 0. The van der Waals surface area contributed by atoms with E-state index in [-0.39, 0.29) is 5.41 Å². The van der Waals surface area contributed by atoms with Crippen LogP contribution in [-0.2, 0) is 5.41 Å². The van der Waals surface area contributed by atoms with Crippen molar-refractivity contribution in [2.45, 2.75) is 25.7 Å². The molecule has 3 rings (SSSR count). The Morgan fingerprint density at radius 2 is 1.42 bits per heavy atom. The summed E-state index contributed by atoms with van der Waals surface area (Å²) in [6.07, 6.45) is 3.07. The van der Waals surface area contributed by atoms with Gasteiger partial charge in [0.05, 0.1) is 0 Å². The summed E-state index contributed by atoms with van der Waals surface area (Å²) in [4.78, 5) is 0. The van der Waals surface area contributed by atoms with Crippen molar-refractivity contribution < 1.29 is 0 Å². The van der Waals surface area contributed by atoms with E-state index in [1.54, 1.807) is 0 Å². The highest BCUT2D eigenvalue weighted by molar-refractivity contribution is 5.81. The Bertz CT molecular complexity index is 574. The zero-order valence-corrected chi connectivity index (χ0v) is 11.7. The predicted molar refractivity (Wildman–Crippen MR) is 82.3 cm³/mol. The average molecular weight is 248 g/mol. The van der Waals surface area contributed by atoms with Crippen molar-refractivity contribution in [2.75, 3.05) is 0 Å². The van der Waals surface area contributed by atoms with Crippen LogP contribution in [0.25, 0.3) is 11.1 Å². The van der Waals surface area contributed by atoms with E-state index in [0.29, 0.717) is 5.92 Å². The molecule has 0 heterocycles. The second-order valence-corrected chi connectivity index (χ2v) is 5.71. The lowest BCUT2D eigenvalue weighted by atomic mass is 9.67. The largest absolute Gasteiger partial charge is 0.103 e. The summed E-state index contributed by atoms with van der Waals surface area (Å²) in [5, 5.41) is 0. The normalized spacial score (nSPS) is 15.1. The number of rotatable bonds is 3. The van der Waals surface area contributed by atoms with Gasteiger partial charge in [-0.05, 0) is 34.6 Å². The summed E-state index contributed by atoms with van der Waals surface area (Å²) in [6, 6.07) is 17.7. The molecule has 0 radical (unpaired) electrons. The van der Waals surface area contributed by atoms with Gasteiger partial charge in [-0.25, -0.2) is 0 Å². The molecule has 0 unspecified atom stereocenters. The van der Waals surface area contributed by atoms with Gasteiger partial charge in [-0.1, -0.05) is 68.5 Å². The maximum absolute atomic E-state index is 4.00. The molecular weight excluding hydrogens is 228 g/mol. The molecule has 0 nitrogen and oxygen atoms in total. The Balaban J connectivity index is 2.38. The third-order valence-electron chi connectivity index (χ3n) is 4.56. The van der Waals surface area contributed by atoms with Crippen LogP contribution in [0.15, 0.2) is 61.2 Å². The first kappa shape index (κ1) is 12.2. The topological polar surface area (TPSA) is 0 Å². The SMILES string of the molecule is C=CCC1(C(C)C)c2ccccc2-c2ccccc21. The fraction of sp³-hybridized carbons (Fsp3) is 0.263. The quantitative estimate of drug-likeness (QED) is 0.656. The zero-order valence-electron chi connectivity index (χ0n) is 11.7. The highest BCUT2D eigenvalue weighted by Gasteiger charge is 2.43. The lowest BCUT2D eigenvalue weighted by Gasteiger charge is -2.35. The highest BCUT2D eigenvalue weighted by atomic mass is 14.5. The molecule has 0 aliphatic heterocycles. The van der Waals surface area contributed by atoms with Crippen molar-refractivity contribution in [2.24, 2.45) is 5.92 Å². The van der Waals surface area contributed by atoms with Crippen molar-refractivity contribution in [3.63, 3.8) is 0 Å². The Morgan fingerprint density at radius 1 is 0.947 bits per heavy atom. The summed E-state index contributed by atoms with van der Waals surface area (Å²) in [5.74, 6) is 0.551. The molecule has 0 heteroatoms. The molecule has 1 aliphatic rings. The Morgan fingerprint density at radius 3 is 1.84 bits per heavy atom. The maximum atomic E-state index is 4.00. The van der Waals surface area contributed by atoms with Gasteiger partial charge in [-0.2, -0.15) is 0 Å². The van der Waals surface area contributed by atoms with E-state index in [1.807, 2.05) is 0 Å². The van der Waals surface area contributed by atoms with Gasteiger partial charge in [0, 0.05) is 5.41 Å². The lowest BCUT2D eigenvalue weighted by Crippen LogP contribution is -2.31. The van der Waals surface area contributed by atoms with E-state index in [1.165, 1.54) is 22.3 Å². The van der Waals surface area contributed by atoms with Crippen LogP contribution in [0.4, 0.5) is 0 Å². The fourth-order valence-electron chi connectivity index (χ4n) is 3.66. The van der Waals surface area contributed by atoms with Crippen LogP contribution in [0.2, 0.25) is 0 Å². The molecule has 0 aromatic heterocycles. The molecule has 0 bridgehead atoms. The van der Waals surface area contributed by atoms with Gasteiger partial charge in [0.1, 0.15) is 0 Å². The minimum Gasteiger partial charge on any atom is -0.103 e. The van der Waals surface area contributed by atoms with Crippen LogP contribution in [0.5, 0.6) is 0 Å². The van der Waals surface area contributed by atoms with E-state index in [9.17, 15) is 0 Å². The van der Waals surface area contributed by atoms with E-state index < -0.39 is 0 Å². The number of hydrogen-bond acceptors (Lipinski definition) is 0. The number of benzene rings is 2. The molecule has 0 N–H and O–H groups in total. The van der Waals surface area contributed by atoms with Crippen LogP contribution in [0.3, 0.4) is 0 Å². The van der Waals surface area contributed by atoms with Crippen LogP contribution in [0, 0.1) is 5.92 Å². The molecule has 2 aromatic carbocycles. The van der Waals surface area contributed by atoms with Crippen molar-refractivity contribution in [1.29, 1.82) is 0 Å². The standard InChI is InChI=1S/C19H20/c1-4-13-19(14(2)3)17-11-7-5-9-15(17)16-10-6-8-12-18(16)19/h4-12,14H,1,13H2,2-3H3. The van der Waals surface area contributed by atoms with Gasteiger partial charge in [-0.15, -0.1) is 6.58 Å². The van der Waals surface area contributed by atoms with Crippen molar-refractivity contribution in [3.8, 4) is 11.1 Å². The first-order valence-electron chi connectivity index (χ1n) is 7.02. The third kappa shape index (κ3) is 1.53. The maximum Gasteiger partial charge on any atom is 0.0272 e. The fourth-order valence-corrected chi connectivity index (χ4v) is 3.66. The predicted octanol–water partition coefficient (Wildman–Crippen LogP) is 5.19. The van der Waals surface area contributed by atoms with E-state index in [0.717, 1.165) is 6.42 Å². The monoisotopic (exact) mass is 248 g/mol. The molecule has 0 fully saturated rings. The van der Waals surface area contributed by atoms with E-state index in [4.69, 9.17) is 0 Å². The minimum atomic E-state index is 0.0922. The molecule has 19 heavy (non-hydrogen) atoms. The van der Waals surface area contributed by atoms with Gasteiger partial charge in [-0.3, -0.25) is 0 Å². The molecule has 0 saturated heterocycles. The molecular formula is C19H20. The van der Waals surface area contributed by atoms with Gasteiger partial charge >= 0.3 is 0 Å². The van der Waals surface area contributed by atoms with Crippen LogP contribution in [0.1, 0.15) is 31.4 Å². The van der Waals surface area contributed by atoms with Gasteiger partial charge < -0.3 is 0 Å². The lowest BCUT2D eigenvalue weighted by molar-refractivity contribution is 0.382. The summed E-state index contributed by atoms with van der Waals surface area (Å²) >= 11 is 0. The molecule has 0 amide bonds. The van der Waals surface area contributed by atoms with Gasteiger partial charge in [0.15, 0.2) is 0 Å². The Kier molecular flexibility index (Phi) is 2.82. The molecule has 0 saturated carbocycles. The second kappa shape index (κ2) is 4.38. The highest BCUT2D eigenvalue weighted by Crippen LogP contribution is 2.54. The van der Waals surface area contributed by atoms with E-state index in [2.05, 4.69) is 75.0 Å². The molecule has 2 aromatic rings. The molecule has 0 spiro atoms. The second-order valence-electron chi connectivity index (χ2n) is 5.71. The first-order valence-corrected chi connectivity index (χ1v) is 7.02. The Hall–Kier alpha value is -1.82. The molecule has 96 valence electrons. The summed E-state index contributed by atoms with van der Waals surface area (Å²) < 4.78 is 0. The Labute approximate surface area is 115 Å². The van der Waals surface area contributed by atoms with Crippen molar-refractivity contribution in [1.82, 2.24) is 0 Å². The van der Waals surface area contributed by atoms with E-state index >= 15 is 0 Å². The molecule has 1 aliphatic carbocycles. The van der Waals surface area contributed by atoms with Gasteiger partial charge in [0.25, 0.3) is 0 Å². The number of fused-ring (bicyclic) bond motifs is 3. The summed E-state index contributed by atoms with van der Waals surface area (Å²) in [6.45, 7) is 8.64. The van der Waals surface area contributed by atoms with Crippen molar-refractivity contribution in [3.05, 3.63) is 72.3 Å². The number of allylic oxidation sites excluding steroid dienone is 1. The van der Waals surface area contributed by atoms with Crippen LogP contribution in [-0.4, -0.2) is 0 Å². The molecule has 0 atom stereocenters. The third-order valence-corrected chi connectivity index (χ3v) is 4.56. The van der Waals surface area contributed by atoms with Crippen LogP contribution >= 0.6 is 0 Å². The summed E-state index contributed by atoms with van der Waals surface area (Å²) in [5.41, 5.74) is 5.81. The van der Waals surface area contributed by atoms with Gasteiger partial charge in [0.2, 0.25) is 0 Å². The zero-order chi connectivity index (χ0) is 13.5. The van der Waals surface area contributed by atoms with Crippen LogP contribution < -0.4 is 0 Å². The average Bonchev–Trinajstić information content (AvgIpc) is 2.72. The smallest absolute Gasteiger partial charge is 0.0272 e. The minimum absolute atomic E-state index is 0.0922. The van der Waals surface area contributed by atoms with Crippen molar-refractivity contribution >= 4 is 0 Å². The summed E-state index contributed by atoms with van der Waals surface area (Å²) in [7, 11) is 0.